The summed E-state index contributed by atoms with van der Waals surface area (Å²) in [4.78, 5) is 0. The molecule has 4 aromatic rings. The Morgan fingerprint density at radius 1 is 0.684 bits per heavy atom. The van der Waals surface area contributed by atoms with Crippen LogP contribution in [0.4, 0.5) is 35.1 Å². The molecule has 4 aromatic carbocycles. The molecule has 0 aromatic heterocycles. The van der Waals surface area contributed by atoms with E-state index >= 15 is 4.39 Å². The molecule has 0 aliphatic carbocycles. The van der Waals surface area contributed by atoms with Gasteiger partial charge in [-0.2, -0.15) is 0 Å². The molecule has 0 bridgehead atoms. The smallest absolute Gasteiger partial charge is 0.399 e. The molecule has 1 nitrogen and oxygen atoms in total. The Morgan fingerprint density at radius 2 is 1.29 bits per heavy atom. The minimum atomic E-state index is -5.26. The van der Waals surface area contributed by atoms with E-state index in [0.29, 0.717) is 29.5 Å². The minimum absolute atomic E-state index is 0.00957. The monoisotopic (exact) mass is 538 g/mol. The van der Waals surface area contributed by atoms with Crippen LogP contribution in [0.25, 0.3) is 21.9 Å². The molecule has 0 saturated carbocycles. The van der Waals surface area contributed by atoms with E-state index in [1.165, 1.54) is 36.4 Å². The van der Waals surface area contributed by atoms with Gasteiger partial charge in [0.25, 0.3) is 0 Å². The van der Waals surface area contributed by atoms with Gasteiger partial charge in [0.05, 0.1) is 5.56 Å². The second kappa shape index (κ2) is 11.0. The van der Waals surface area contributed by atoms with Crippen LogP contribution < -0.4 is 4.74 Å². The van der Waals surface area contributed by atoms with E-state index in [2.05, 4.69) is 4.74 Å². The highest BCUT2D eigenvalue weighted by Crippen LogP contribution is 2.33. The van der Waals surface area contributed by atoms with Crippen LogP contribution in [0.2, 0.25) is 0 Å². The molecule has 0 aliphatic rings. The Kier molecular flexibility index (Phi) is 7.94. The largest absolute Gasteiger partial charge is 0.573 e. The first-order chi connectivity index (χ1) is 18.0. The summed E-state index contributed by atoms with van der Waals surface area (Å²) < 4.78 is 113. The number of alkyl halides is 3. The first-order valence-corrected chi connectivity index (χ1v) is 11.9. The molecular formula is C29H22F8O. The number of fused-ring (bicyclic) bond motifs is 1. The molecule has 9 heteroatoms. The predicted octanol–water partition coefficient (Wildman–Crippen LogP) is 9.23. The summed E-state index contributed by atoms with van der Waals surface area (Å²) in [6, 6.07) is 11.3. The molecule has 0 N–H and O–H groups in total. The maximum absolute atomic E-state index is 15.2. The number of aryl methyl sites for hydroxylation is 3. The number of ether oxygens (including phenoxy) is 1. The second-order valence-corrected chi connectivity index (χ2v) is 8.95. The van der Waals surface area contributed by atoms with Gasteiger partial charge in [0.2, 0.25) is 5.75 Å². The van der Waals surface area contributed by atoms with Gasteiger partial charge >= 0.3 is 6.36 Å². The van der Waals surface area contributed by atoms with E-state index in [9.17, 15) is 30.7 Å². The van der Waals surface area contributed by atoms with Gasteiger partial charge in [-0.3, -0.25) is 0 Å². The molecule has 0 heterocycles. The Hall–Kier alpha value is -3.62. The molecule has 0 radical (unpaired) electrons. The van der Waals surface area contributed by atoms with E-state index < -0.39 is 41.2 Å². The SMILES string of the molecule is CCCCc1cc(F)c(-c2ccc3c(F)c(CCc4cc(F)c(OC(F)(F)F)c(F)c4)ccc3c2)c(F)c1. The maximum atomic E-state index is 15.2. The fraction of sp³-hybridized carbons (Fsp3) is 0.241. The van der Waals surface area contributed by atoms with Crippen molar-refractivity contribution in [1.29, 1.82) is 0 Å². The zero-order valence-corrected chi connectivity index (χ0v) is 20.2. The normalized spacial score (nSPS) is 11.8. The van der Waals surface area contributed by atoms with E-state index in [1.54, 1.807) is 6.07 Å². The van der Waals surface area contributed by atoms with Crippen molar-refractivity contribution in [2.75, 3.05) is 0 Å². The highest BCUT2D eigenvalue weighted by Gasteiger charge is 2.34. The van der Waals surface area contributed by atoms with Gasteiger partial charge in [0, 0.05) is 5.39 Å². The van der Waals surface area contributed by atoms with E-state index in [1.807, 2.05) is 6.92 Å². The van der Waals surface area contributed by atoms with Crippen LogP contribution in [-0.4, -0.2) is 6.36 Å². The second-order valence-electron chi connectivity index (χ2n) is 8.95. The van der Waals surface area contributed by atoms with Gasteiger partial charge in [-0.1, -0.05) is 37.6 Å². The molecule has 0 saturated heterocycles. The summed E-state index contributed by atoms with van der Waals surface area (Å²) >= 11 is 0. The third-order valence-electron chi connectivity index (χ3n) is 6.20. The van der Waals surface area contributed by atoms with E-state index in [-0.39, 0.29) is 40.5 Å². The van der Waals surface area contributed by atoms with E-state index in [0.717, 1.165) is 12.8 Å². The third kappa shape index (κ3) is 6.09. The van der Waals surface area contributed by atoms with Crippen molar-refractivity contribution in [1.82, 2.24) is 0 Å². The van der Waals surface area contributed by atoms with Crippen molar-refractivity contribution in [3.8, 4) is 16.9 Å². The Bertz CT molecular complexity index is 1430. The molecule has 0 amide bonds. The first kappa shape index (κ1) is 27.4. The number of hydrogen-bond donors (Lipinski definition) is 0. The van der Waals surface area contributed by atoms with Crippen LogP contribution in [-0.2, 0) is 19.3 Å². The molecule has 0 atom stereocenters. The van der Waals surface area contributed by atoms with Crippen LogP contribution in [0, 0.1) is 29.1 Å². The van der Waals surface area contributed by atoms with Crippen LogP contribution in [0.3, 0.4) is 0 Å². The standard InChI is InChI=1S/C29H22F8O/c1-2-3-4-16-11-22(30)26(23(31)12-16)20-9-10-21-19(15-20)8-7-18(27(21)34)6-5-17-13-24(32)28(25(33)14-17)38-29(35,36)37/h7-15H,2-6H2,1H3. The lowest BCUT2D eigenvalue weighted by Crippen LogP contribution is -2.19. The molecule has 0 unspecified atom stereocenters. The molecule has 38 heavy (non-hydrogen) atoms. The molecule has 4 rings (SSSR count). The third-order valence-corrected chi connectivity index (χ3v) is 6.20. The molecule has 0 fully saturated rings. The van der Waals surface area contributed by atoms with Gasteiger partial charge in [-0.05, 0) is 83.7 Å². The Balaban J connectivity index is 1.56. The summed E-state index contributed by atoms with van der Waals surface area (Å²) in [5, 5.41) is 0.571. The molecule has 200 valence electrons. The molecule has 0 spiro atoms. The van der Waals surface area contributed by atoms with Crippen molar-refractivity contribution in [2.24, 2.45) is 0 Å². The van der Waals surface area contributed by atoms with Crippen molar-refractivity contribution in [3.63, 3.8) is 0 Å². The Labute approximate surface area is 213 Å². The van der Waals surface area contributed by atoms with Crippen molar-refractivity contribution < 1.29 is 39.9 Å². The number of benzene rings is 4. The number of hydrogen-bond acceptors (Lipinski definition) is 1. The summed E-state index contributed by atoms with van der Waals surface area (Å²) in [5.41, 5.74) is 0.800. The average Bonchev–Trinajstić information content (AvgIpc) is 2.83. The summed E-state index contributed by atoms with van der Waals surface area (Å²) in [6.45, 7) is 1.98. The van der Waals surface area contributed by atoms with Crippen LogP contribution in [0.15, 0.2) is 54.6 Å². The summed E-state index contributed by atoms with van der Waals surface area (Å²) in [7, 11) is 0. The van der Waals surface area contributed by atoms with Crippen molar-refractivity contribution in [2.45, 2.75) is 45.4 Å². The topological polar surface area (TPSA) is 9.23 Å². The first-order valence-electron chi connectivity index (χ1n) is 11.9. The number of halogens is 8. The highest BCUT2D eigenvalue weighted by atomic mass is 19.4. The minimum Gasteiger partial charge on any atom is -0.399 e. The quantitative estimate of drug-likeness (QED) is 0.203. The van der Waals surface area contributed by atoms with Gasteiger partial charge in [-0.15, -0.1) is 13.2 Å². The van der Waals surface area contributed by atoms with Crippen molar-refractivity contribution >= 4 is 10.8 Å². The lowest BCUT2D eigenvalue weighted by molar-refractivity contribution is -0.276. The summed E-state index contributed by atoms with van der Waals surface area (Å²) in [5.74, 6) is -6.65. The van der Waals surface area contributed by atoms with Gasteiger partial charge < -0.3 is 4.74 Å². The van der Waals surface area contributed by atoms with Crippen LogP contribution >= 0.6 is 0 Å². The molecular weight excluding hydrogens is 516 g/mol. The van der Waals surface area contributed by atoms with Crippen molar-refractivity contribution in [3.05, 3.63) is 100 Å². The predicted molar refractivity (Wildman–Crippen MR) is 128 cm³/mol. The summed E-state index contributed by atoms with van der Waals surface area (Å²) in [6.07, 6.45) is -3.09. The molecule has 0 aliphatic heterocycles. The lowest BCUT2D eigenvalue weighted by atomic mass is 9.95. The van der Waals surface area contributed by atoms with E-state index in [4.69, 9.17) is 0 Å². The number of rotatable bonds is 8. The van der Waals surface area contributed by atoms with Gasteiger partial charge in [-0.25, -0.2) is 22.0 Å². The zero-order chi connectivity index (χ0) is 27.6. The number of unbranched alkanes of at least 4 members (excludes halogenated alkanes) is 1. The zero-order valence-electron chi connectivity index (χ0n) is 20.2. The van der Waals surface area contributed by atoms with Gasteiger partial charge in [0.15, 0.2) is 11.6 Å². The highest BCUT2D eigenvalue weighted by molar-refractivity contribution is 5.88. The fourth-order valence-corrected chi connectivity index (χ4v) is 4.36. The maximum Gasteiger partial charge on any atom is 0.573 e. The van der Waals surface area contributed by atoms with Crippen LogP contribution in [0.5, 0.6) is 5.75 Å². The Morgan fingerprint density at radius 3 is 1.89 bits per heavy atom. The van der Waals surface area contributed by atoms with Gasteiger partial charge in [0.1, 0.15) is 17.5 Å². The fourth-order valence-electron chi connectivity index (χ4n) is 4.36. The van der Waals surface area contributed by atoms with Crippen LogP contribution in [0.1, 0.15) is 36.5 Å². The average molecular weight is 538 g/mol. The lowest BCUT2D eigenvalue weighted by Gasteiger charge is -2.13.